The molecule has 0 heterocycles. The zero-order valence-electron chi connectivity index (χ0n) is 11.4. The molecule has 0 aliphatic heterocycles. The van der Waals surface area contributed by atoms with Gasteiger partial charge in [-0.05, 0) is 24.7 Å². The normalized spacial score (nSPS) is 29.9. The van der Waals surface area contributed by atoms with E-state index in [1.54, 1.807) is 12.2 Å². The summed E-state index contributed by atoms with van der Waals surface area (Å²) in [6.07, 6.45) is 13.7. The molecule has 104 valence electrons. The summed E-state index contributed by atoms with van der Waals surface area (Å²) in [5, 5.41) is 0. The van der Waals surface area contributed by atoms with E-state index in [4.69, 9.17) is 0 Å². The van der Waals surface area contributed by atoms with E-state index < -0.39 is 6.17 Å². The van der Waals surface area contributed by atoms with Crippen LogP contribution >= 0.6 is 0 Å². The third-order valence-corrected chi connectivity index (χ3v) is 4.88. The monoisotopic (exact) mass is 262 g/mol. The number of rotatable bonds is 4. The van der Waals surface area contributed by atoms with Gasteiger partial charge < -0.3 is 0 Å². The predicted molar refractivity (Wildman–Crippen MR) is 72.1 cm³/mol. The Morgan fingerprint density at radius 2 is 1.37 bits per heavy atom. The molecule has 0 amide bonds. The molecule has 2 unspecified atom stereocenters. The van der Waals surface area contributed by atoms with Gasteiger partial charge in [-0.25, -0.2) is 9.59 Å². The Bertz CT molecular complexity index is 360. The molecule has 0 bridgehead atoms. The highest BCUT2D eigenvalue weighted by atomic mass is 16.1. The molecule has 0 saturated heterocycles. The number of hydrogen-bond donors (Lipinski definition) is 0. The number of nitrogens with zero attached hydrogens (tertiary/aromatic N) is 2. The van der Waals surface area contributed by atoms with Crippen LogP contribution in [0.25, 0.3) is 0 Å². The molecule has 0 radical (unpaired) electrons. The first-order valence-electron chi connectivity index (χ1n) is 7.50. The third-order valence-electron chi connectivity index (χ3n) is 4.88. The van der Waals surface area contributed by atoms with Gasteiger partial charge in [0.05, 0.1) is 0 Å². The Morgan fingerprint density at radius 1 is 0.789 bits per heavy atom. The summed E-state index contributed by atoms with van der Waals surface area (Å²) in [6.45, 7) is 0. The van der Waals surface area contributed by atoms with Crippen molar-refractivity contribution in [2.75, 3.05) is 0 Å². The first-order valence-corrected chi connectivity index (χ1v) is 7.50. The van der Waals surface area contributed by atoms with E-state index in [0.29, 0.717) is 5.92 Å². The van der Waals surface area contributed by atoms with Gasteiger partial charge in [0.15, 0.2) is 6.17 Å². The van der Waals surface area contributed by atoms with Crippen molar-refractivity contribution < 1.29 is 9.59 Å². The lowest BCUT2D eigenvalue weighted by Gasteiger charge is -2.39. The van der Waals surface area contributed by atoms with Crippen LogP contribution < -0.4 is 0 Å². The minimum absolute atomic E-state index is 0.236. The fourth-order valence-electron chi connectivity index (χ4n) is 4.03. The van der Waals surface area contributed by atoms with Gasteiger partial charge in [0.1, 0.15) is 0 Å². The van der Waals surface area contributed by atoms with E-state index in [0.717, 1.165) is 18.8 Å². The van der Waals surface area contributed by atoms with Gasteiger partial charge in [-0.1, -0.05) is 44.9 Å². The van der Waals surface area contributed by atoms with E-state index in [1.165, 1.54) is 44.9 Å². The molecular weight excluding hydrogens is 240 g/mol. The average Bonchev–Trinajstić information content (AvgIpc) is 2.48. The number of aliphatic imine (C=N–C) groups is 2. The molecule has 0 aromatic heterocycles. The minimum atomic E-state index is -0.540. The largest absolute Gasteiger partial charge is 0.237 e. The van der Waals surface area contributed by atoms with Crippen LogP contribution in [-0.4, -0.2) is 18.3 Å². The Balaban J connectivity index is 2.13. The van der Waals surface area contributed by atoms with Crippen molar-refractivity contribution in [2.45, 2.75) is 64.0 Å². The lowest BCUT2D eigenvalue weighted by Crippen LogP contribution is -2.34. The van der Waals surface area contributed by atoms with Crippen molar-refractivity contribution in [1.29, 1.82) is 0 Å². The molecule has 2 aliphatic rings. The Morgan fingerprint density at radius 3 is 2.00 bits per heavy atom. The van der Waals surface area contributed by atoms with Crippen molar-refractivity contribution >= 4 is 12.2 Å². The summed E-state index contributed by atoms with van der Waals surface area (Å²) in [5.41, 5.74) is 0. The van der Waals surface area contributed by atoms with Crippen LogP contribution in [0.5, 0.6) is 0 Å². The van der Waals surface area contributed by atoms with Crippen LogP contribution in [0.2, 0.25) is 0 Å². The molecule has 2 rings (SSSR count). The predicted octanol–water partition coefficient (Wildman–Crippen LogP) is 3.37. The van der Waals surface area contributed by atoms with E-state index >= 15 is 0 Å². The standard InChI is InChI=1S/C15H22N2O2/c18-10-16-15(17-11-19)14-9-5-4-8-13(14)12-6-2-1-3-7-12/h12-15H,1-9H2. The third kappa shape index (κ3) is 3.62. The summed E-state index contributed by atoms with van der Waals surface area (Å²) in [6, 6.07) is 0. The minimum Gasteiger partial charge on any atom is -0.211 e. The first-order chi connectivity index (χ1) is 9.36. The molecule has 19 heavy (non-hydrogen) atoms. The van der Waals surface area contributed by atoms with Crippen molar-refractivity contribution in [3.8, 4) is 0 Å². The molecule has 2 atom stereocenters. The van der Waals surface area contributed by atoms with Crippen molar-refractivity contribution in [3.63, 3.8) is 0 Å². The number of hydrogen-bond acceptors (Lipinski definition) is 4. The molecule has 0 spiro atoms. The molecule has 0 aromatic rings. The van der Waals surface area contributed by atoms with E-state index in [2.05, 4.69) is 9.98 Å². The van der Waals surface area contributed by atoms with Crippen LogP contribution in [0.3, 0.4) is 0 Å². The summed E-state index contributed by atoms with van der Waals surface area (Å²) in [4.78, 5) is 28.6. The molecule has 4 nitrogen and oxygen atoms in total. The maximum atomic E-state index is 10.5. The van der Waals surface area contributed by atoms with E-state index in [1.807, 2.05) is 0 Å². The zero-order chi connectivity index (χ0) is 13.5. The zero-order valence-corrected chi connectivity index (χ0v) is 11.4. The number of isocyanates is 2. The lowest BCUT2D eigenvalue weighted by atomic mass is 9.67. The lowest BCUT2D eigenvalue weighted by molar-refractivity contribution is 0.112. The fourth-order valence-corrected chi connectivity index (χ4v) is 4.03. The summed E-state index contributed by atoms with van der Waals surface area (Å²) >= 11 is 0. The molecule has 2 fully saturated rings. The van der Waals surface area contributed by atoms with E-state index in [9.17, 15) is 9.59 Å². The van der Waals surface area contributed by atoms with Crippen LogP contribution in [0.1, 0.15) is 57.8 Å². The Hall–Kier alpha value is -1.24. The van der Waals surface area contributed by atoms with Gasteiger partial charge in [0, 0.05) is 5.92 Å². The summed E-state index contributed by atoms with van der Waals surface area (Å²) in [7, 11) is 0. The molecule has 0 N–H and O–H groups in total. The second kappa shape index (κ2) is 7.37. The fraction of sp³-hybridized carbons (Fsp3) is 0.867. The van der Waals surface area contributed by atoms with Crippen molar-refractivity contribution in [1.82, 2.24) is 0 Å². The first kappa shape index (κ1) is 14.2. The highest BCUT2D eigenvalue weighted by Gasteiger charge is 2.37. The van der Waals surface area contributed by atoms with Gasteiger partial charge >= 0.3 is 0 Å². The Labute approximate surface area is 114 Å². The van der Waals surface area contributed by atoms with Crippen molar-refractivity contribution in [3.05, 3.63) is 0 Å². The second-order valence-electron chi connectivity index (χ2n) is 5.86. The summed E-state index contributed by atoms with van der Waals surface area (Å²) in [5.74, 6) is 1.53. The van der Waals surface area contributed by atoms with Crippen LogP contribution in [0, 0.1) is 17.8 Å². The average molecular weight is 262 g/mol. The molecule has 4 heteroatoms. The molecule has 0 aromatic carbocycles. The highest BCUT2D eigenvalue weighted by Crippen LogP contribution is 2.43. The maximum absolute atomic E-state index is 10.5. The Kier molecular flexibility index (Phi) is 5.50. The highest BCUT2D eigenvalue weighted by molar-refractivity contribution is 5.37. The van der Waals surface area contributed by atoms with Gasteiger partial charge in [-0.3, -0.25) is 0 Å². The maximum Gasteiger partial charge on any atom is 0.237 e. The molecule has 2 saturated carbocycles. The van der Waals surface area contributed by atoms with Gasteiger partial charge in [-0.15, -0.1) is 0 Å². The van der Waals surface area contributed by atoms with Gasteiger partial charge in [0.2, 0.25) is 12.2 Å². The van der Waals surface area contributed by atoms with Crippen LogP contribution in [0.15, 0.2) is 9.98 Å². The van der Waals surface area contributed by atoms with Gasteiger partial charge in [-0.2, -0.15) is 9.98 Å². The van der Waals surface area contributed by atoms with Crippen LogP contribution in [0.4, 0.5) is 0 Å². The molecule has 2 aliphatic carbocycles. The van der Waals surface area contributed by atoms with Gasteiger partial charge in [0.25, 0.3) is 0 Å². The molecular formula is C15H22N2O2. The van der Waals surface area contributed by atoms with Crippen LogP contribution in [-0.2, 0) is 9.59 Å². The second-order valence-corrected chi connectivity index (χ2v) is 5.86. The quantitative estimate of drug-likeness (QED) is 0.576. The van der Waals surface area contributed by atoms with Crippen molar-refractivity contribution in [2.24, 2.45) is 27.7 Å². The smallest absolute Gasteiger partial charge is 0.211 e. The summed E-state index contributed by atoms with van der Waals surface area (Å²) < 4.78 is 0. The van der Waals surface area contributed by atoms with E-state index in [-0.39, 0.29) is 5.92 Å². The topological polar surface area (TPSA) is 58.9 Å². The number of carbonyl (C=O) groups excluding carboxylic acids is 2. The SMILES string of the molecule is O=C=NC(N=C=O)C1CCCCC1C1CCCCC1.